The Hall–Kier alpha value is -0.940. The summed E-state index contributed by atoms with van der Waals surface area (Å²) in [6, 6.07) is 3.91. The van der Waals surface area contributed by atoms with Gasteiger partial charge in [-0.05, 0) is 46.6 Å². The molecule has 0 saturated carbocycles. The minimum absolute atomic E-state index is 0.370. The molecule has 5 heteroatoms. The van der Waals surface area contributed by atoms with Crippen molar-refractivity contribution in [2.75, 3.05) is 6.54 Å². The summed E-state index contributed by atoms with van der Waals surface area (Å²) in [6.45, 7) is 2.64. The molecule has 0 heterocycles. The highest BCUT2D eigenvalue weighted by atomic mass is 79.9. The Kier molecular flexibility index (Phi) is 4.89. The first-order chi connectivity index (χ1) is 7.56. The predicted molar refractivity (Wildman–Crippen MR) is 64.3 cm³/mol. The molecular weight excluding hydrogens is 275 g/mol. The van der Waals surface area contributed by atoms with Crippen LogP contribution in [0.5, 0.6) is 0 Å². The second kappa shape index (κ2) is 5.96. The number of carbonyl (C=O) groups excluding carboxylic acids is 1. The van der Waals surface area contributed by atoms with Gasteiger partial charge in [-0.1, -0.05) is 13.0 Å². The van der Waals surface area contributed by atoms with Crippen molar-refractivity contribution in [3.8, 4) is 0 Å². The third kappa shape index (κ3) is 3.28. The summed E-state index contributed by atoms with van der Waals surface area (Å²) in [5.41, 5.74) is 5.81. The van der Waals surface area contributed by atoms with E-state index in [0.29, 0.717) is 16.6 Å². The Bertz CT molecular complexity index is 384. The van der Waals surface area contributed by atoms with Gasteiger partial charge in [-0.3, -0.25) is 4.79 Å². The zero-order valence-corrected chi connectivity index (χ0v) is 10.6. The molecule has 1 amide bonds. The van der Waals surface area contributed by atoms with Gasteiger partial charge in [-0.25, -0.2) is 4.39 Å². The fraction of sp³-hybridized carbons (Fsp3) is 0.364. The monoisotopic (exact) mass is 288 g/mol. The molecule has 0 aliphatic heterocycles. The average Bonchev–Trinajstić information content (AvgIpc) is 2.23. The molecule has 0 aliphatic rings. The summed E-state index contributed by atoms with van der Waals surface area (Å²) in [4.78, 5) is 11.2. The van der Waals surface area contributed by atoms with Crippen LogP contribution >= 0.6 is 15.9 Å². The molecule has 16 heavy (non-hydrogen) atoms. The van der Waals surface area contributed by atoms with Crippen LogP contribution in [0.25, 0.3) is 0 Å². The second-order valence-corrected chi connectivity index (χ2v) is 4.32. The standard InChI is InChI=1S/C11H14BrFN2O/c1-2-5-15-10(11(14)16)7-3-4-8(12)9(13)6-7/h3-4,6,10,15H,2,5H2,1H3,(H2,14,16). The molecule has 0 aliphatic carbocycles. The van der Waals surface area contributed by atoms with Crippen LogP contribution in [-0.4, -0.2) is 12.5 Å². The van der Waals surface area contributed by atoms with Crippen molar-refractivity contribution in [1.29, 1.82) is 0 Å². The summed E-state index contributed by atoms with van der Waals surface area (Å²) >= 11 is 3.06. The van der Waals surface area contributed by atoms with E-state index in [2.05, 4.69) is 21.2 Å². The summed E-state index contributed by atoms with van der Waals surface area (Å²) < 4.78 is 13.7. The lowest BCUT2D eigenvalue weighted by Gasteiger charge is -2.15. The number of rotatable bonds is 5. The van der Waals surface area contributed by atoms with Crippen molar-refractivity contribution < 1.29 is 9.18 Å². The highest BCUT2D eigenvalue weighted by molar-refractivity contribution is 9.10. The number of amides is 1. The van der Waals surface area contributed by atoms with Gasteiger partial charge in [0, 0.05) is 0 Å². The lowest BCUT2D eigenvalue weighted by atomic mass is 10.1. The number of nitrogens with one attached hydrogen (secondary N) is 1. The molecule has 3 nitrogen and oxygen atoms in total. The summed E-state index contributed by atoms with van der Waals surface area (Å²) in [6.07, 6.45) is 0.878. The van der Waals surface area contributed by atoms with Crippen LogP contribution < -0.4 is 11.1 Å². The van der Waals surface area contributed by atoms with Gasteiger partial charge in [0.1, 0.15) is 11.9 Å². The van der Waals surface area contributed by atoms with E-state index in [1.165, 1.54) is 6.07 Å². The third-order valence-electron chi connectivity index (χ3n) is 2.16. The van der Waals surface area contributed by atoms with E-state index >= 15 is 0 Å². The SMILES string of the molecule is CCCNC(C(N)=O)c1ccc(Br)c(F)c1. The van der Waals surface area contributed by atoms with Gasteiger partial charge in [0.05, 0.1) is 4.47 Å². The lowest BCUT2D eigenvalue weighted by molar-refractivity contribution is -0.120. The van der Waals surface area contributed by atoms with Crippen LogP contribution in [0.15, 0.2) is 22.7 Å². The number of hydrogen-bond donors (Lipinski definition) is 2. The van der Waals surface area contributed by atoms with E-state index in [1.54, 1.807) is 12.1 Å². The Balaban J connectivity index is 2.92. The van der Waals surface area contributed by atoms with Crippen LogP contribution in [0.1, 0.15) is 24.9 Å². The molecule has 1 aromatic carbocycles. The van der Waals surface area contributed by atoms with Gasteiger partial charge in [-0.15, -0.1) is 0 Å². The second-order valence-electron chi connectivity index (χ2n) is 3.46. The van der Waals surface area contributed by atoms with Crippen molar-refractivity contribution in [3.05, 3.63) is 34.1 Å². The highest BCUT2D eigenvalue weighted by Gasteiger charge is 2.17. The van der Waals surface area contributed by atoms with E-state index in [4.69, 9.17) is 5.73 Å². The number of hydrogen-bond acceptors (Lipinski definition) is 2. The zero-order valence-electron chi connectivity index (χ0n) is 8.97. The van der Waals surface area contributed by atoms with Crippen molar-refractivity contribution >= 4 is 21.8 Å². The Morgan fingerprint density at radius 3 is 2.81 bits per heavy atom. The van der Waals surface area contributed by atoms with E-state index in [-0.39, 0.29) is 0 Å². The van der Waals surface area contributed by atoms with E-state index in [0.717, 1.165) is 6.42 Å². The molecule has 0 aromatic heterocycles. The molecule has 88 valence electrons. The summed E-state index contributed by atoms with van der Waals surface area (Å²) in [5.74, 6) is -0.905. The molecule has 1 rings (SSSR count). The van der Waals surface area contributed by atoms with Gasteiger partial charge in [-0.2, -0.15) is 0 Å². The minimum atomic E-state index is -0.637. The van der Waals surface area contributed by atoms with Crippen LogP contribution in [0, 0.1) is 5.82 Å². The van der Waals surface area contributed by atoms with Crippen LogP contribution in [0.4, 0.5) is 4.39 Å². The minimum Gasteiger partial charge on any atom is -0.368 e. The fourth-order valence-corrected chi connectivity index (χ4v) is 1.61. The zero-order chi connectivity index (χ0) is 12.1. The third-order valence-corrected chi connectivity index (χ3v) is 2.80. The fourth-order valence-electron chi connectivity index (χ4n) is 1.36. The molecule has 1 atom stereocenters. The molecule has 0 saturated heterocycles. The normalized spacial score (nSPS) is 12.4. The maximum atomic E-state index is 13.3. The van der Waals surface area contributed by atoms with E-state index < -0.39 is 17.8 Å². The van der Waals surface area contributed by atoms with E-state index in [9.17, 15) is 9.18 Å². The summed E-state index contributed by atoms with van der Waals surface area (Å²) in [7, 11) is 0. The number of carbonyl (C=O) groups is 1. The molecule has 1 unspecified atom stereocenters. The van der Waals surface area contributed by atoms with Gasteiger partial charge in [0.25, 0.3) is 0 Å². The highest BCUT2D eigenvalue weighted by Crippen LogP contribution is 2.20. The van der Waals surface area contributed by atoms with Gasteiger partial charge < -0.3 is 11.1 Å². The molecule has 0 spiro atoms. The van der Waals surface area contributed by atoms with Crippen molar-refractivity contribution in [1.82, 2.24) is 5.32 Å². The molecule has 0 radical (unpaired) electrons. The van der Waals surface area contributed by atoms with Gasteiger partial charge in [0.2, 0.25) is 5.91 Å². The van der Waals surface area contributed by atoms with Gasteiger partial charge >= 0.3 is 0 Å². The molecule has 0 bridgehead atoms. The first kappa shape index (κ1) is 13.1. The molecule has 1 aromatic rings. The Morgan fingerprint density at radius 2 is 2.31 bits per heavy atom. The number of benzene rings is 1. The maximum Gasteiger partial charge on any atom is 0.239 e. The van der Waals surface area contributed by atoms with Crippen molar-refractivity contribution in [3.63, 3.8) is 0 Å². The number of primary amides is 1. The van der Waals surface area contributed by atoms with Crippen LogP contribution in [-0.2, 0) is 4.79 Å². The maximum absolute atomic E-state index is 13.3. The quantitative estimate of drug-likeness (QED) is 0.872. The lowest BCUT2D eigenvalue weighted by Crippen LogP contribution is -2.34. The predicted octanol–water partition coefficient (Wildman–Crippen LogP) is 2.11. The Morgan fingerprint density at radius 1 is 1.62 bits per heavy atom. The average molecular weight is 289 g/mol. The smallest absolute Gasteiger partial charge is 0.239 e. The number of nitrogens with two attached hydrogens (primary N) is 1. The summed E-state index contributed by atoms with van der Waals surface area (Å²) in [5, 5.41) is 2.98. The molecule has 0 fully saturated rings. The number of halogens is 2. The van der Waals surface area contributed by atoms with Crippen molar-refractivity contribution in [2.24, 2.45) is 5.73 Å². The van der Waals surface area contributed by atoms with Crippen LogP contribution in [0.3, 0.4) is 0 Å². The first-order valence-corrected chi connectivity index (χ1v) is 5.83. The Labute approximate surface area is 102 Å². The van der Waals surface area contributed by atoms with Gasteiger partial charge in [0.15, 0.2) is 0 Å². The van der Waals surface area contributed by atoms with E-state index in [1.807, 2.05) is 6.92 Å². The molecule has 3 N–H and O–H groups in total. The largest absolute Gasteiger partial charge is 0.368 e. The topological polar surface area (TPSA) is 55.1 Å². The first-order valence-electron chi connectivity index (χ1n) is 5.04. The van der Waals surface area contributed by atoms with Crippen LogP contribution in [0.2, 0.25) is 0 Å². The van der Waals surface area contributed by atoms with Crippen molar-refractivity contribution in [2.45, 2.75) is 19.4 Å². The molecular formula is C11H14BrFN2O.